The number of nitrogens with one attached hydrogen (secondary N) is 1. The minimum Gasteiger partial charge on any atom is -0.497 e. The average molecular weight is 408 g/mol. The molecule has 2 aromatic carbocycles. The topological polar surface area (TPSA) is 108 Å². The maximum Gasteiger partial charge on any atom is 0.332 e. The number of aromatic nitrogens is 2. The van der Waals surface area contributed by atoms with Crippen LogP contribution in [0.4, 0.5) is 5.82 Å². The fraction of sp³-hybridized carbons (Fsp3) is 0.227. The van der Waals surface area contributed by atoms with Crippen LogP contribution in [0.3, 0.4) is 0 Å². The van der Waals surface area contributed by atoms with Crippen LogP contribution in [0.2, 0.25) is 0 Å². The SMILES string of the molecule is COc1ccc(C(NCC(=O)c2c(N)n(C)c(=O)n(C)c2=O)c2ccccc2)cc1. The predicted octanol–water partition coefficient (Wildman–Crippen LogP) is 1.24. The third-order valence-corrected chi connectivity index (χ3v) is 5.04. The summed E-state index contributed by atoms with van der Waals surface area (Å²) in [6.07, 6.45) is 0. The van der Waals surface area contributed by atoms with Crippen LogP contribution in [0.25, 0.3) is 0 Å². The lowest BCUT2D eigenvalue weighted by molar-refractivity contribution is 0.0987. The molecule has 0 aliphatic heterocycles. The first-order chi connectivity index (χ1) is 14.3. The molecule has 3 N–H and O–H groups in total. The highest BCUT2D eigenvalue weighted by atomic mass is 16.5. The highest BCUT2D eigenvalue weighted by molar-refractivity contribution is 6.01. The van der Waals surface area contributed by atoms with E-state index in [9.17, 15) is 14.4 Å². The third kappa shape index (κ3) is 4.04. The molecule has 156 valence electrons. The number of ether oxygens (including phenoxy) is 1. The van der Waals surface area contributed by atoms with Crippen molar-refractivity contribution in [2.75, 3.05) is 19.4 Å². The van der Waals surface area contributed by atoms with Gasteiger partial charge in [0.1, 0.15) is 17.1 Å². The number of benzene rings is 2. The lowest BCUT2D eigenvalue weighted by Gasteiger charge is -2.20. The monoisotopic (exact) mass is 408 g/mol. The summed E-state index contributed by atoms with van der Waals surface area (Å²) in [5.74, 6) is 0.0943. The van der Waals surface area contributed by atoms with Gasteiger partial charge in [0.05, 0.1) is 19.7 Å². The summed E-state index contributed by atoms with van der Waals surface area (Å²) in [5, 5.41) is 3.21. The minimum absolute atomic E-state index is 0.136. The maximum absolute atomic E-state index is 12.9. The number of anilines is 1. The molecular weight excluding hydrogens is 384 g/mol. The molecule has 1 heterocycles. The molecule has 0 radical (unpaired) electrons. The van der Waals surface area contributed by atoms with Crippen LogP contribution in [0, 0.1) is 0 Å². The van der Waals surface area contributed by atoms with Crippen LogP contribution in [-0.2, 0) is 14.1 Å². The van der Waals surface area contributed by atoms with Gasteiger partial charge in [-0.2, -0.15) is 0 Å². The van der Waals surface area contributed by atoms with Crippen molar-refractivity contribution in [3.63, 3.8) is 0 Å². The summed E-state index contributed by atoms with van der Waals surface area (Å²) in [4.78, 5) is 37.3. The summed E-state index contributed by atoms with van der Waals surface area (Å²) >= 11 is 0. The quantitative estimate of drug-likeness (QED) is 0.570. The van der Waals surface area contributed by atoms with Crippen LogP contribution in [-0.4, -0.2) is 28.6 Å². The lowest BCUT2D eigenvalue weighted by atomic mass is 9.98. The molecule has 8 nitrogen and oxygen atoms in total. The van der Waals surface area contributed by atoms with Crippen LogP contribution in [0.15, 0.2) is 64.2 Å². The number of nitrogens with two attached hydrogens (primary N) is 1. The zero-order valence-electron chi connectivity index (χ0n) is 17.1. The molecule has 0 fully saturated rings. The average Bonchev–Trinajstić information content (AvgIpc) is 2.77. The zero-order valence-corrected chi connectivity index (χ0v) is 17.1. The number of Topliss-reactive ketones (excluding diaryl/α,β-unsaturated/α-hetero) is 1. The van der Waals surface area contributed by atoms with Crippen molar-refractivity contribution in [3.8, 4) is 5.75 Å². The van der Waals surface area contributed by atoms with Crippen molar-refractivity contribution in [1.82, 2.24) is 14.5 Å². The first kappa shape index (κ1) is 21.1. The molecular formula is C22H24N4O4. The van der Waals surface area contributed by atoms with Crippen LogP contribution < -0.4 is 27.0 Å². The Labute approximate surface area is 173 Å². The van der Waals surface area contributed by atoms with Gasteiger partial charge in [-0.3, -0.25) is 24.0 Å². The number of nitrogens with zero attached hydrogens (tertiary/aromatic N) is 2. The second-order valence-corrected chi connectivity index (χ2v) is 6.89. The van der Waals surface area contributed by atoms with Gasteiger partial charge in [-0.25, -0.2) is 4.79 Å². The van der Waals surface area contributed by atoms with E-state index in [-0.39, 0.29) is 24.0 Å². The van der Waals surface area contributed by atoms with Gasteiger partial charge < -0.3 is 10.5 Å². The normalized spacial score (nSPS) is 11.8. The van der Waals surface area contributed by atoms with E-state index in [0.29, 0.717) is 0 Å². The van der Waals surface area contributed by atoms with Gasteiger partial charge >= 0.3 is 5.69 Å². The molecule has 0 spiro atoms. The summed E-state index contributed by atoms with van der Waals surface area (Å²) < 4.78 is 7.18. The second-order valence-electron chi connectivity index (χ2n) is 6.89. The number of hydrogen-bond acceptors (Lipinski definition) is 6. The summed E-state index contributed by atoms with van der Waals surface area (Å²) in [6, 6.07) is 16.9. The third-order valence-electron chi connectivity index (χ3n) is 5.04. The molecule has 3 aromatic rings. The molecule has 0 aliphatic rings. The standard InChI is InChI=1S/C22H24N4O4/c1-25-20(23)18(21(28)26(2)22(25)29)17(27)13-24-19(14-7-5-4-6-8-14)15-9-11-16(30-3)12-10-15/h4-12,19,24H,13,23H2,1-3H3. The molecule has 0 aliphatic carbocycles. The highest BCUT2D eigenvalue weighted by Gasteiger charge is 2.22. The molecule has 0 saturated carbocycles. The van der Waals surface area contributed by atoms with Crippen molar-refractivity contribution in [2.24, 2.45) is 14.1 Å². The Kier molecular flexibility index (Phi) is 6.17. The lowest BCUT2D eigenvalue weighted by Crippen LogP contribution is -2.43. The van der Waals surface area contributed by atoms with Crippen LogP contribution in [0.1, 0.15) is 27.5 Å². The fourth-order valence-corrected chi connectivity index (χ4v) is 3.28. The van der Waals surface area contributed by atoms with Crippen LogP contribution in [0.5, 0.6) is 5.75 Å². The molecule has 8 heteroatoms. The first-order valence-electron chi connectivity index (χ1n) is 9.36. The molecule has 1 unspecified atom stereocenters. The fourth-order valence-electron chi connectivity index (χ4n) is 3.28. The smallest absolute Gasteiger partial charge is 0.332 e. The number of ketones is 1. The Morgan fingerprint density at radius 2 is 1.60 bits per heavy atom. The van der Waals surface area contributed by atoms with Crippen LogP contribution >= 0.6 is 0 Å². The maximum atomic E-state index is 12.9. The van der Waals surface area contributed by atoms with Crippen molar-refractivity contribution in [3.05, 3.63) is 92.1 Å². The van der Waals surface area contributed by atoms with E-state index < -0.39 is 17.0 Å². The molecule has 30 heavy (non-hydrogen) atoms. The largest absolute Gasteiger partial charge is 0.497 e. The van der Waals surface area contributed by atoms with Crippen molar-refractivity contribution < 1.29 is 9.53 Å². The van der Waals surface area contributed by atoms with E-state index in [1.54, 1.807) is 7.11 Å². The number of nitrogen functional groups attached to an aromatic ring is 1. The van der Waals surface area contributed by atoms with E-state index in [2.05, 4.69) is 5.32 Å². The number of methoxy groups -OCH3 is 1. The van der Waals surface area contributed by atoms with E-state index in [4.69, 9.17) is 10.5 Å². The van der Waals surface area contributed by atoms with Gasteiger partial charge in [0, 0.05) is 14.1 Å². The molecule has 1 aromatic heterocycles. The van der Waals surface area contributed by atoms with Gasteiger partial charge in [0.25, 0.3) is 5.56 Å². The number of rotatable bonds is 7. The number of carbonyl (C=O) groups is 1. The molecule has 0 amide bonds. The minimum atomic E-state index is -0.705. The molecule has 0 saturated heterocycles. The van der Waals surface area contributed by atoms with Gasteiger partial charge in [-0.1, -0.05) is 42.5 Å². The Hall–Kier alpha value is -3.65. The van der Waals surface area contributed by atoms with Gasteiger partial charge in [0.2, 0.25) is 0 Å². The Bertz CT molecular complexity index is 1160. The Morgan fingerprint density at radius 1 is 1.00 bits per heavy atom. The van der Waals surface area contributed by atoms with Gasteiger partial charge in [-0.15, -0.1) is 0 Å². The summed E-state index contributed by atoms with van der Waals surface area (Å²) in [7, 11) is 4.34. The number of hydrogen-bond donors (Lipinski definition) is 2. The van der Waals surface area contributed by atoms with E-state index in [0.717, 1.165) is 26.0 Å². The summed E-state index contributed by atoms with van der Waals surface area (Å²) in [6.45, 7) is -0.136. The Morgan fingerprint density at radius 3 is 2.20 bits per heavy atom. The summed E-state index contributed by atoms with van der Waals surface area (Å²) in [5.41, 5.74) is 6.30. The molecule has 1 atom stereocenters. The van der Waals surface area contributed by atoms with Crippen molar-refractivity contribution in [1.29, 1.82) is 0 Å². The second kappa shape index (κ2) is 8.79. The molecule has 3 rings (SSSR count). The van der Waals surface area contributed by atoms with E-state index in [1.165, 1.54) is 14.1 Å². The molecule has 0 bridgehead atoms. The number of carbonyl (C=O) groups excluding carboxylic acids is 1. The van der Waals surface area contributed by atoms with Crippen molar-refractivity contribution >= 4 is 11.6 Å². The van der Waals surface area contributed by atoms with Gasteiger partial charge in [-0.05, 0) is 23.3 Å². The predicted molar refractivity (Wildman–Crippen MR) is 115 cm³/mol. The first-order valence-corrected chi connectivity index (χ1v) is 9.36. The Balaban J connectivity index is 1.92. The van der Waals surface area contributed by atoms with E-state index in [1.807, 2.05) is 54.6 Å². The zero-order chi connectivity index (χ0) is 21.8. The van der Waals surface area contributed by atoms with Gasteiger partial charge in [0.15, 0.2) is 5.78 Å². The van der Waals surface area contributed by atoms with E-state index >= 15 is 0 Å². The highest BCUT2D eigenvalue weighted by Crippen LogP contribution is 2.24. The van der Waals surface area contributed by atoms with Crippen molar-refractivity contribution in [2.45, 2.75) is 6.04 Å².